The van der Waals surface area contributed by atoms with Gasteiger partial charge in [0.25, 0.3) is 5.69 Å². The first-order chi connectivity index (χ1) is 8.06. The van der Waals surface area contributed by atoms with Gasteiger partial charge in [0.05, 0.1) is 4.92 Å². The van der Waals surface area contributed by atoms with E-state index < -0.39 is 4.92 Å². The lowest BCUT2D eigenvalue weighted by Gasteiger charge is -2.03. The molecule has 86 valence electrons. The Labute approximate surface area is 96.7 Å². The number of phenols is 2. The SMILES string of the molecule is O=[N+]([O-])c1ccc(-c2cc(O)cc(O)c2)cc1. The second-order valence-electron chi connectivity index (χ2n) is 3.54. The molecule has 17 heavy (non-hydrogen) atoms. The molecule has 0 aliphatic carbocycles. The number of nitrogens with zero attached hydrogens (tertiary/aromatic N) is 1. The molecule has 0 aliphatic rings. The number of phenolic OH excluding ortho intramolecular Hbond substituents is 2. The van der Waals surface area contributed by atoms with Crippen molar-refractivity contribution in [2.45, 2.75) is 0 Å². The van der Waals surface area contributed by atoms with Gasteiger partial charge in [-0.05, 0) is 35.4 Å². The zero-order valence-electron chi connectivity index (χ0n) is 8.70. The molecular formula is C12H9NO4. The fourth-order valence-electron chi connectivity index (χ4n) is 1.54. The van der Waals surface area contributed by atoms with Crippen LogP contribution in [0.5, 0.6) is 11.5 Å². The quantitative estimate of drug-likeness (QED) is 0.614. The van der Waals surface area contributed by atoms with Crippen LogP contribution >= 0.6 is 0 Å². The highest BCUT2D eigenvalue weighted by Gasteiger charge is 2.06. The van der Waals surface area contributed by atoms with Crippen molar-refractivity contribution in [3.63, 3.8) is 0 Å². The van der Waals surface area contributed by atoms with Crippen LogP contribution in [0.4, 0.5) is 5.69 Å². The van der Waals surface area contributed by atoms with Crippen molar-refractivity contribution in [3.8, 4) is 22.6 Å². The Kier molecular flexibility index (Phi) is 2.66. The van der Waals surface area contributed by atoms with Gasteiger partial charge >= 0.3 is 0 Å². The van der Waals surface area contributed by atoms with Gasteiger partial charge < -0.3 is 10.2 Å². The highest BCUT2D eigenvalue weighted by Crippen LogP contribution is 2.29. The Hall–Kier alpha value is -2.56. The summed E-state index contributed by atoms with van der Waals surface area (Å²) in [5.41, 5.74) is 1.28. The lowest BCUT2D eigenvalue weighted by atomic mass is 10.0. The van der Waals surface area contributed by atoms with Crippen LogP contribution in [0.3, 0.4) is 0 Å². The first kappa shape index (κ1) is 10.9. The first-order valence-electron chi connectivity index (χ1n) is 4.84. The van der Waals surface area contributed by atoms with E-state index in [1.165, 1.54) is 30.3 Å². The van der Waals surface area contributed by atoms with Crippen LogP contribution in [0.25, 0.3) is 11.1 Å². The van der Waals surface area contributed by atoms with Gasteiger partial charge in [-0.2, -0.15) is 0 Å². The van der Waals surface area contributed by atoms with Gasteiger partial charge in [0.15, 0.2) is 0 Å². The van der Waals surface area contributed by atoms with Crippen LogP contribution < -0.4 is 0 Å². The van der Waals surface area contributed by atoms with Crippen LogP contribution in [-0.4, -0.2) is 15.1 Å². The summed E-state index contributed by atoms with van der Waals surface area (Å²) < 4.78 is 0. The molecule has 0 aromatic heterocycles. The molecule has 2 rings (SSSR count). The van der Waals surface area contributed by atoms with E-state index in [1.807, 2.05) is 0 Å². The summed E-state index contributed by atoms with van der Waals surface area (Å²) in [5.74, 6) is -0.114. The van der Waals surface area contributed by atoms with E-state index >= 15 is 0 Å². The van der Waals surface area contributed by atoms with Crippen LogP contribution in [0.15, 0.2) is 42.5 Å². The summed E-state index contributed by atoms with van der Waals surface area (Å²) in [6.07, 6.45) is 0. The van der Waals surface area contributed by atoms with Crippen molar-refractivity contribution in [1.29, 1.82) is 0 Å². The van der Waals surface area contributed by atoms with Gasteiger partial charge in [-0.1, -0.05) is 0 Å². The second-order valence-corrected chi connectivity index (χ2v) is 3.54. The molecule has 0 unspecified atom stereocenters. The van der Waals surface area contributed by atoms with E-state index in [0.29, 0.717) is 11.1 Å². The summed E-state index contributed by atoms with van der Waals surface area (Å²) in [6, 6.07) is 10.0. The maximum Gasteiger partial charge on any atom is 0.269 e. The van der Waals surface area contributed by atoms with Crippen molar-refractivity contribution in [1.82, 2.24) is 0 Å². The monoisotopic (exact) mass is 231 g/mol. The maximum atomic E-state index is 10.5. The van der Waals surface area contributed by atoms with E-state index in [9.17, 15) is 20.3 Å². The third-order valence-electron chi connectivity index (χ3n) is 2.31. The molecule has 2 aromatic rings. The molecule has 0 radical (unpaired) electrons. The van der Waals surface area contributed by atoms with Crippen molar-refractivity contribution in [3.05, 3.63) is 52.6 Å². The molecule has 0 atom stereocenters. The first-order valence-corrected chi connectivity index (χ1v) is 4.84. The lowest BCUT2D eigenvalue weighted by Crippen LogP contribution is -1.87. The minimum Gasteiger partial charge on any atom is -0.508 e. The van der Waals surface area contributed by atoms with Crippen LogP contribution in [0.1, 0.15) is 0 Å². The van der Waals surface area contributed by atoms with Gasteiger partial charge in [0, 0.05) is 18.2 Å². The number of hydrogen-bond acceptors (Lipinski definition) is 4. The van der Waals surface area contributed by atoms with E-state index in [0.717, 1.165) is 0 Å². The molecule has 2 aromatic carbocycles. The average Bonchev–Trinajstić information content (AvgIpc) is 2.28. The topological polar surface area (TPSA) is 83.6 Å². The molecule has 2 N–H and O–H groups in total. The Morgan fingerprint density at radius 1 is 0.882 bits per heavy atom. The molecule has 0 fully saturated rings. The molecule has 0 aliphatic heterocycles. The van der Waals surface area contributed by atoms with Crippen molar-refractivity contribution in [2.24, 2.45) is 0 Å². The zero-order chi connectivity index (χ0) is 12.4. The molecule has 0 bridgehead atoms. The van der Waals surface area contributed by atoms with Gasteiger partial charge in [0.1, 0.15) is 11.5 Å². The van der Waals surface area contributed by atoms with Crippen molar-refractivity contribution in [2.75, 3.05) is 0 Å². The normalized spacial score (nSPS) is 10.1. The number of nitro groups is 1. The summed E-state index contributed by atoms with van der Waals surface area (Å²) in [7, 11) is 0. The number of aromatic hydroxyl groups is 2. The van der Waals surface area contributed by atoms with Crippen LogP contribution in [-0.2, 0) is 0 Å². The summed E-state index contributed by atoms with van der Waals surface area (Å²) in [5, 5.41) is 29.1. The van der Waals surface area contributed by atoms with E-state index in [-0.39, 0.29) is 17.2 Å². The predicted molar refractivity (Wildman–Crippen MR) is 61.9 cm³/mol. The fourth-order valence-corrected chi connectivity index (χ4v) is 1.54. The number of nitro benzene ring substituents is 1. The van der Waals surface area contributed by atoms with Crippen molar-refractivity contribution >= 4 is 5.69 Å². The maximum absolute atomic E-state index is 10.5. The Balaban J connectivity index is 2.43. The summed E-state index contributed by atoms with van der Waals surface area (Å²) >= 11 is 0. The largest absolute Gasteiger partial charge is 0.508 e. The molecule has 5 heteroatoms. The number of benzene rings is 2. The van der Waals surface area contributed by atoms with E-state index in [1.54, 1.807) is 12.1 Å². The molecule has 0 saturated carbocycles. The average molecular weight is 231 g/mol. The third-order valence-corrected chi connectivity index (χ3v) is 2.31. The lowest BCUT2D eigenvalue weighted by molar-refractivity contribution is -0.384. The molecule has 5 nitrogen and oxygen atoms in total. The summed E-state index contributed by atoms with van der Waals surface area (Å²) in [4.78, 5) is 10.0. The summed E-state index contributed by atoms with van der Waals surface area (Å²) in [6.45, 7) is 0. The van der Waals surface area contributed by atoms with Crippen molar-refractivity contribution < 1.29 is 15.1 Å². The van der Waals surface area contributed by atoms with Crippen LogP contribution in [0.2, 0.25) is 0 Å². The van der Waals surface area contributed by atoms with E-state index in [4.69, 9.17) is 0 Å². The second kappa shape index (κ2) is 4.13. The minimum atomic E-state index is -0.482. The van der Waals surface area contributed by atoms with Gasteiger partial charge in [-0.25, -0.2) is 0 Å². The van der Waals surface area contributed by atoms with Gasteiger partial charge in [-0.15, -0.1) is 0 Å². The number of hydrogen-bond donors (Lipinski definition) is 2. The number of non-ortho nitro benzene ring substituents is 1. The standard InChI is InChI=1S/C12H9NO4/c14-11-5-9(6-12(15)7-11)8-1-3-10(4-2-8)13(16)17/h1-7,14-15H. The highest BCUT2D eigenvalue weighted by atomic mass is 16.6. The predicted octanol–water partition coefficient (Wildman–Crippen LogP) is 2.67. The zero-order valence-corrected chi connectivity index (χ0v) is 8.70. The molecule has 0 amide bonds. The highest BCUT2D eigenvalue weighted by molar-refractivity contribution is 5.68. The molecule has 0 heterocycles. The third kappa shape index (κ3) is 2.34. The minimum absolute atomic E-state index is 0.00174. The smallest absolute Gasteiger partial charge is 0.269 e. The van der Waals surface area contributed by atoms with E-state index in [2.05, 4.69) is 0 Å². The molecular weight excluding hydrogens is 222 g/mol. The molecule has 0 saturated heterocycles. The fraction of sp³-hybridized carbons (Fsp3) is 0. The Morgan fingerprint density at radius 2 is 1.41 bits per heavy atom. The Bertz CT molecular complexity index is 543. The van der Waals surface area contributed by atoms with Gasteiger partial charge in [-0.3, -0.25) is 10.1 Å². The Morgan fingerprint density at radius 3 is 1.88 bits per heavy atom. The van der Waals surface area contributed by atoms with Gasteiger partial charge in [0.2, 0.25) is 0 Å². The molecule has 0 spiro atoms. The van der Waals surface area contributed by atoms with Crippen LogP contribution in [0, 0.1) is 10.1 Å². The number of rotatable bonds is 2.